The van der Waals surface area contributed by atoms with Gasteiger partial charge in [-0.15, -0.1) is 11.3 Å². The molecule has 98 valence electrons. The van der Waals surface area contributed by atoms with Gasteiger partial charge < -0.3 is 4.57 Å². The monoisotopic (exact) mass is 344 g/mol. The van der Waals surface area contributed by atoms with Crippen LogP contribution in [0, 0.1) is 11.3 Å². The number of benzene rings is 1. The average Bonchev–Trinajstić information content (AvgIpc) is 3.05. The van der Waals surface area contributed by atoms with Gasteiger partial charge in [0.2, 0.25) is 0 Å². The van der Waals surface area contributed by atoms with Crippen molar-refractivity contribution in [3.8, 4) is 6.07 Å². The maximum atomic E-state index is 12.3. The molecule has 3 rings (SSSR count). The van der Waals surface area contributed by atoms with E-state index in [4.69, 9.17) is 5.26 Å². The molecule has 20 heavy (non-hydrogen) atoms. The van der Waals surface area contributed by atoms with Gasteiger partial charge in [-0.1, -0.05) is 6.07 Å². The summed E-state index contributed by atoms with van der Waals surface area (Å²) < 4.78 is 2.71. The first kappa shape index (κ1) is 13.1. The van der Waals surface area contributed by atoms with Gasteiger partial charge in [0.05, 0.1) is 23.1 Å². The summed E-state index contributed by atoms with van der Waals surface area (Å²) in [5, 5.41) is 11.9. The number of hydrogen-bond acceptors (Lipinski definition) is 3. The molecule has 0 radical (unpaired) electrons. The Labute approximate surface area is 128 Å². The normalized spacial score (nSPS) is 10.6. The van der Waals surface area contributed by atoms with E-state index in [2.05, 4.69) is 22.0 Å². The molecule has 0 bridgehead atoms. The van der Waals surface area contributed by atoms with Crippen molar-refractivity contribution in [3.63, 3.8) is 0 Å². The van der Waals surface area contributed by atoms with Gasteiger partial charge in [0.15, 0.2) is 5.78 Å². The first-order chi connectivity index (χ1) is 9.69. The largest absolute Gasteiger partial charge is 0.340 e. The van der Waals surface area contributed by atoms with Crippen LogP contribution in [0.5, 0.6) is 0 Å². The zero-order chi connectivity index (χ0) is 14.1. The number of thiophene rings is 1. The number of hydrogen-bond donors (Lipinski definition) is 0. The number of nitriles is 1. The molecule has 0 unspecified atom stereocenters. The predicted octanol–water partition coefficient (Wildman–Crippen LogP) is 4.22. The lowest BCUT2D eigenvalue weighted by atomic mass is 10.2. The van der Waals surface area contributed by atoms with E-state index in [0.717, 1.165) is 20.3 Å². The molecule has 2 aromatic heterocycles. The van der Waals surface area contributed by atoms with Crippen molar-refractivity contribution >= 4 is 44.0 Å². The second kappa shape index (κ2) is 5.23. The molecule has 0 aliphatic heterocycles. The molecule has 0 spiro atoms. The van der Waals surface area contributed by atoms with Crippen LogP contribution in [-0.2, 0) is 6.54 Å². The highest BCUT2D eigenvalue weighted by atomic mass is 79.9. The Balaban J connectivity index is 1.97. The molecule has 0 aliphatic carbocycles. The topological polar surface area (TPSA) is 45.8 Å². The van der Waals surface area contributed by atoms with E-state index < -0.39 is 0 Å². The standard InChI is InChI=1S/C15H9BrN2OS/c16-12-4-6-20-15(12)14(19)9-18-5-3-11-2-1-10(8-17)7-13(11)18/h1-7H,9H2. The molecule has 5 heteroatoms. The van der Waals surface area contributed by atoms with E-state index in [-0.39, 0.29) is 12.3 Å². The maximum absolute atomic E-state index is 12.3. The van der Waals surface area contributed by atoms with Gasteiger partial charge in [-0.3, -0.25) is 4.79 Å². The molecule has 0 fully saturated rings. The second-order valence-corrected chi connectivity index (χ2v) is 6.12. The zero-order valence-corrected chi connectivity index (χ0v) is 12.7. The molecule has 1 aromatic carbocycles. The van der Waals surface area contributed by atoms with Crippen LogP contribution in [0.1, 0.15) is 15.2 Å². The number of rotatable bonds is 3. The molecule has 0 amide bonds. The molecule has 0 atom stereocenters. The minimum atomic E-state index is 0.0618. The zero-order valence-electron chi connectivity index (χ0n) is 10.3. The number of nitrogens with zero attached hydrogens (tertiary/aromatic N) is 2. The highest BCUT2D eigenvalue weighted by molar-refractivity contribution is 9.10. The molecule has 2 heterocycles. The van der Waals surface area contributed by atoms with Crippen LogP contribution >= 0.6 is 27.3 Å². The number of Topliss-reactive ketones (excluding diaryl/α,β-unsaturated/α-hetero) is 1. The lowest BCUT2D eigenvalue weighted by Crippen LogP contribution is -2.08. The van der Waals surface area contributed by atoms with Crippen molar-refractivity contribution in [1.82, 2.24) is 4.57 Å². The number of halogens is 1. The first-order valence-electron chi connectivity index (χ1n) is 5.94. The fourth-order valence-electron chi connectivity index (χ4n) is 2.11. The molecule has 0 saturated carbocycles. The second-order valence-electron chi connectivity index (χ2n) is 4.35. The molecular formula is C15H9BrN2OS. The summed E-state index contributed by atoms with van der Waals surface area (Å²) in [5.74, 6) is 0.0618. The average molecular weight is 345 g/mol. The van der Waals surface area contributed by atoms with Crippen LogP contribution in [-0.4, -0.2) is 10.4 Å². The first-order valence-corrected chi connectivity index (χ1v) is 7.61. The molecule has 3 nitrogen and oxygen atoms in total. The fourth-order valence-corrected chi connectivity index (χ4v) is 3.64. The number of ketones is 1. The Hall–Kier alpha value is -1.90. The highest BCUT2D eigenvalue weighted by Crippen LogP contribution is 2.24. The van der Waals surface area contributed by atoms with Crippen molar-refractivity contribution < 1.29 is 4.79 Å². The van der Waals surface area contributed by atoms with E-state index in [9.17, 15) is 4.79 Å². The summed E-state index contributed by atoms with van der Waals surface area (Å²) in [6, 6.07) is 11.4. The van der Waals surface area contributed by atoms with Crippen LogP contribution in [0.2, 0.25) is 0 Å². The Kier molecular flexibility index (Phi) is 3.43. The lowest BCUT2D eigenvalue weighted by molar-refractivity contribution is 0.0977. The minimum Gasteiger partial charge on any atom is -0.340 e. The lowest BCUT2D eigenvalue weighted by Gasteiger charge is -2.04. The summed E-state index contributed by atoms with van der Waals surface area (Å²) in [4.78, 5) is 13.0. The van der Waals surface area contributed by atoms with E-state index in [1.54, 1.807) is 6.07 Å². The molecule has 0 aliphatic rings. The Morgan fingerprint density at radius 2 is 2.20 bits per heavy atom. The van der Waals surface area contributed by atoms with E-state index >= 15 is 0 Å². The third-order valence-corrected chi connectivity index (χ3v) is 4.97. The van der Waals surface area contributed by atoms with Gasteiger partial charge in [0, 0.05) is 16.2 Å². The van der Waals surface area contributed by atoms with E-state index in [0.29, 0.717) is 5.56 Å². The van der Waals surface area contributed by atoms with Gasteiger partial charge in [0.1, 0.15) is 0 Å². The van der Waals surface area contributed by atoms with Crippen molar-refractivity contribution in [3.05, 3.63) is 56.8 Å². The minimum absolute atomic E-state index is 0.0618. The third-order valence-electron chi connectivity index (χ3n) is 3.09. The fraction of sp³-hybridized carbons (Fsp3) is 0.0667. The van der Waals surface area contributed by atoms with Crippen molar-refractivity contribution in [1.29, 1.82) is 5.26 Å². The van der Waals surface area contributed by atoms with Crippen LogP contribution in [0.25, 0.3) is 10.9 Å². The van der Waals surface area contributed by atoms with Crippen LogP contribution < -0.4 is 0 Å². The quantitative estimate of drug-likeness (QED) is 0.667. The third kappa shape index (κ3) is 2.28. The van der Waals surface area contributed by atoms with E-state index in [1.807, 2.05) is 40.4 Å². The van der Waals surface area contributed by atoms with Crippen LogP contribution in [0.4, 0.5) is 0 Å². The number of carbonyl (C=O) groups is 1. The highest BCUT2D eigenvalue weighted by Gasteiger charge is 2.13. The summed E-state index contributed by atoms with van der Waals surface area (Å²) in [6.07, 6.45) is 1.88. The molecule has 0 N–H and O–H groups in total. The van der Waals surface area contributed by atoms with Crippen molar-refractivity contribution in [2.45, 2.75) is 6.54 Å². The Bertz CT molecular complexity index is 841. The number of aromatic nitrogens is 1. The number of carbonyl (C=O) groups excluding carboxylic acids is 1. The summed E-state index contributed by atoms with van der Waals surface area (Å²) in [7, 11) is 0. The van der Waals surface area contributed by atoms with Gasteiger partial charge in [-0.25, -0.2) is 0 Å². The Morgan fingerprint density at radius 1 is 1.35 bits per heavy atom. The molecule has 3 aromatic rings. The van der Waals surface area contributed by atoms with Gasteiger partial charge >= 0.3 is 0 Å². The van der Waals surface area contributed by atoms with Gasteiger partial charge in [-0.05, 0) is 51.0 Å². The van der Waals surface area contributed by atoms with Gasteiger partial charge in [-0.2, -0.15) is 5.26 Å². The summed E-state index contributed by atoms with van der Waals surface area (Å²) in [6.45, 7) is 0.275. The van der Waals surface area contributed by atoms with Crippen molar-refractivity contribution in [2.24, 2.45) is 0 Å². The van der Waals surface area contributed by atoms with Crippen molar-refractivity contribution in [2.75, 3.05) is 0 Å². The van der Waals surface area contributed by atoms with Gasteiger partial charge in [0.25, 0.3) is 0 Å². The Morgan fingerprint density at radius 3 is 2.90 bits per heavy atom. The maximum Gasteiger partial charge on any atom is 0.193 e. The summed E-state index contributed by atoms with van der Waals surface area (Å²) >= 11 is 4.81. The van der Waals surface area contributed by atoms with Crippen LogP contribution in [0.3, 0.4) is 0 Å². The molecule has 0 saturated heterocycles. The SMILES string of the molecule is N#Cc1ccc2ccn(CC(=O)c3sccc3Br)c2c1. The van der Waals surface area contributed by atoms with E-state index in [1.165, 1.54) is 11.3 Å². The smallest absolute Gasteiger partial charge is 0.193 e. The number of fused-ring (bicyclic) bond motifs is 1. The van der Waals surface area contributed by atoms with Crippen LogP contribution in [0.15, 0.2) is 46.4 Å². The molecular weight excluding hydrogens is 336 g/mol. The predicted molar refractivity (Wildman–Crippen MR) is 83.0 cm³/mol. The summed E-state index contributed by atoms with van der Waals surface area (Å²) in [5.41, 5.74) is 1.51.